The highest BCUT2D eigenvalue weighted by molar-refractivity contribution is 6.07. The number of methoxy groups -OCH3 is 1. The molecule has 0 amide bonds. The Morgan fingerprint density at radius 2 is 1.34 bits per heavy atom. The summed E-state index contributed by atoms with van der Waals surface area (Å²) in [6.07, 6.45) is 2.40. The second kappa shape index (κ2) is 12.2. The molecule has 5 nitrogen and oxygen atoms in total. The number of hydrogen-bond acceptors (Lipinski definition) is 5. The van der Waals surface area contributed by atoms with Crippen molar-refractivity contribution in [1.82, 2.24) is 4.90 Å². The summed E-state index contributed by atoms with van der Waals surface area (Å²) in [5.41, 5.74) is 2.87. The molecule has 164 valence electrons. The highest BCUT2D eigenvalue weighted by Gasteiger charge is 2.09. The molecule has 0 spiro atoms. The second-order valence-corrected chi connectivity index (χ2v) is 7.28. The molecule has 0 N–H and O–H groups in total. The lowest BCUT2D eigenvalue weighted by Crippen LogP contribution is -2.27. The van der Waals surface area contributed by atoms with Crippen molar-refractivity contribution < 1.29 is 19.1 Å². The van der Waals surface area contributed by atoms with Crippen molar-refractivity contribution in [3.63, 3.8) is 0 Å². The number of nitrogens with zero attached hydrogens (tertiary/aromatic N) is 1. The molecule has 0 aromatic heterocycles. The van der Waals surface area contributed by atoms with E-state index in [-0.39, 0.29) is 12.4 Å². The van der Waals surface area contributed by atoms with Gasteiger partial charge >= 0.3 is 5.97 Å². The molecule has 0 bridgehead atoms. The quantitative estimate of drug-likeness (QED) is 0.252. The normalized spacial score (nSPS) is 10.9. The maximum Gasteiger partial charge on any atom is 0.330 e. The summed E-state index contributed by atoms with van der Waals surface area (Å²) in [6, 6.07) is 27.1. The molecule has 0 radical (unpaired) electrons. The third kappa shape index (κ3) is 7.52. The lowest BCUT2D eigenvalue weighted by atomic mass is 10.1. The lowest BCUT2D eigenvalue weighted by Gasteiger charge is -2.22. The molecule has 3 aromatic carbocycles. The summed E-state index contributed by atoms with van der Waals surface area (Å²) in [5, 5.41) is 0. The number of ether oxygens (including phenoxy) is 2. The predicted molar refractivity (Wildman–Crippen MR) is 124 cm³/mol. The van der Waals surface area contributed by atoms with Crippen molar-refractivity contribution >= 4 is 11.8 Å². The molecule has 32 heavy (non-hydrogen) atoms. The van der Waals surface area contributed by atoms with Gasteiger partial charge in [0.2, 0.25) is 0 Å². The van der Waals surface area contributed by atoms with Crippen LogP contribution in [0.3, 0.4) is 0 Å². The lowest BCUT2D eigenvalue weighted by molar-refractivity contribution is -0.138. The maximum absolute atomic E-state index is 12.2. The molecule has 0 saturated heterocycles. The van der Waals surface area contributed by atoms with Crippen LogP contribution in [0.15, 0.2) is 97.1 Å². The van der Waals surface area contributed by atoms with Crippen LogP contribution in [0.25, 0.3) is 0 Å². The van der Waals surface area contributed by atoms with E-state index in [4.69, 9.17) is 9.47 Å². The Labute approximate surface area is 188 Å². The van der Waals surface area contributed by atoms with Crippen LogP contribution in [-0.4, -0.2) is 36.9 Å². The van der Waals surface area contributed by atoms with E-state index in [9.17, 15) is 9.59 Å². The Balaban J connectivity index is 1.51. The number of carbonyl (C=O) groups excluding carboxylic acids is 2. The van der Waals surface area contributed by atoms with E-state index in [1.54, 1.807) is 31.4 Å². The molecule has 0 heterocycles. The predicted octanol–water partition coefficient (Wildman–Crippen LogP) is 4.68. The van der Waals surface area contributed by atoms with E-state index < -0.39 is 5.97 Å². The van der Waals surface area contributed by atoms with Gasteiger partial charge in [0.05, 0.1) is 7.11 Å². The Kier molecular flexibility index (Phi) is 8.78. The third-order valence-corrected chi connectivity index (χ3v) is 4.90. The molecule has 0 aliphatic carbocycles. The number of rotatable bonds is 11. The summed E-state index contributed by atoms with van der Waals surface area (Å²) in [6.45, 7) is 2.31. The van der Waals surface area contributed by atoms with Gasteiger partial charge < -0.3 is 9.47 Å². The van der Waals surface area contributed by atoms with Crippen molar-refractivity contribution in [2.45, 2.75) is 13.1 Å². The van der Waals surface area contributed by atoms with E-state index in [0.29, 0.717) is 17.9 Å². The van der Waals surface area contributed by atoms with Gasteiger partial charge in [0.1, 0.15) is 12.4 Å². The average Bonchev–Trinajstić information content (AvgIpc) is 2.84. The highest BCUT2D eigenvalue weighted by atomic mass is 16.5. The minimum Gasteiger partial charge on any atom is -0.497 e. The van der Waals surface area contributed by atoms with Crippen molar-refractivity contribution in [3.8, 4) is 5.75 Å². The van der Waals surface area contributed by atoms with Crippen LogP contribution in [0.5, 0.6) is 5.75 Å². The van der Waals surface area contributed by atoms with Crippen LogP contribution in [0.1, 0.15) is 21.5 Å². The monoisotopic (exact) mass is 429 g/mol. The van der Waals surface area contributed by atoms with Crippen LogP contribution in [0.2, 0.25) is 0 Å². The molecule has 5 heteroatoms. The van der Waals surface area contributed by atoms with Gasteiger partial charge in [-0.1, -0.05) is 60.7 Å². The molecule has 3 rings (SSSR count). The van der Waals surface area contributed by atoms with Crippen molar-refractivity contribution in [2.75, 3.05) is 20.3 Å². The van der Waals surface area contributed by atoms with Gasteiger partial charge in [-0.25, -0.2) is 4.79 Å². The molecule has 3 aromatic rings. The summed E-state index contributed by atoms with van der Waals surface area (Å²) in [5.74, 6) is -0.133. The van der Waals surface area contributed by atoms with Crippen molar-refractivity contribution in [3.05, 3.63) is 114 Å². The molecule has 0 unspecified atom stereocenters. The van der Waals surface area contributed by atoms with E-state index >= 15 is 0 Å². The van der Waals surface area contributed by atoms with Gasteiger partial charge in [-0.3, -0.25) is 9.69 Å². The number of hydrogen-bond donors (Lipinski definition) is 0. The zero-order chi connectivity index (χ0) is 22.6. The smallest absolute Gasteiger partial charge is 0.330 e. The number of benzene rings is 3. The zero-order valence-electron chi connectivity index (χ0n) is 18.1. The van der Waals surface area contributed by atoms with Crippen molar-refractivity contribution in [1.29, 1.82) is 0 Å². The molecule has 0 saturated carbocycles. The topological polar surface area (TPSA) is 55.8 Å². The molecule has 0 atom stereocenters. The van der Waals surface area contributed by atoms with Gasteiger partial charge in [0.15, 0.2) is 5.78 Å². The first-order valence-electron chi connectivity index (χ1n) is 10.5. The first-order chi connectivity index (χ1) is 15.6. The second-order valence-electron chi connectivity index (χ2n) is 7.28. The first-order valence-corrected chi connectivity index (χ1v) is 10.5. The third-order valence-electron chi connectivity index (χ3n) is 4.90. The van der Waals surface area contributed by atoms with Crippen molar-refractivity contribution in [2.24, 2.45) is 0 Å². The van der Waals surface area contributed by atoms with Gasteiger partial charge in [0.25, 0.3) is 0 Å². The summed E-state index contributed by atoms with van der Waals surface area (Å²) < 4.78 is 10.4. The van der Waals surface area contributed by atoms with E-state index in [2.05, 4.69) is 29.2 Å². The Bertz CT molecular complexity index is 973. The SMILES string of the molecule is COc1ccc(C(=O)/C=C/C(=O)OCCN(Cc2ccccc2)Cc2ccccc2)cc1. The summed E-state index contributed by atoms with van der Waals surface area (Å²) >= 11 is 0. The summed E-state index contributed by atoms with van der Waals surface area (Å²) in [4.78, 5) is 26.5. The molecule has 0 fully saturated rings. The van der Waals surface area contributed by atoms with Gasteiger partial charge in [-0.2, -0.15) is 0 Å². The molecular formula is C27H27NO4. The van der Waals surface area contributed by atoms with Gasteiger partial charge in [-0.15, -0.1) is 0 Å². The Morgan fingerprint density at radius 3 is 1.88 bits per heavy atom. The number of carbonyl (C=O) groups is 2. The highest BCUT2D eigenvalue weighted by Crippen LogP contribution is 2.12. The minimum atomic E-state index is -0.536. The fourth-order valence-electron chi connectivity index (χ4n) is 3.22. The Hall–Kier alpha value is -3.70. The van der Waals surface area contributed by atoms with E-state index in [1.165, 1.54) is 23.3 Å². The first kappa shape index (κ1) is 23.0. The van der Waals surface area contributed by atoms with Crippen LogP contribution in [0, 0.1) is 0 Å². The molecule has 0 aliphatic rings. The zero-order valence-corrected chi connectivity index (χ0v) is 18.1. The van der Waals surface area contributed by atoms with Crippen LogP contribution in [0.4, 0.5) is 0 Å². The van der Waals surface area contributed by atoms with E-state index in [1.807, 2.05) is 36.4 Å². The number of ketones is 1. The van der Waals surface area contributed by atoms with Crippen LogP contribution >= 0.6 is 0 Å². The largest absolute Gasteiger partial charge is 0.497 e. The maximum atomic E-state index is 12.2. The van der Waals surface area contributed by atoms with Gasteiger partial charge in [0, 0.05) is 31.3 Å². The van der Waals surface area contributed by atoms with E-state index in [0.717, 1.165) is 13.1 Å². The Morgan fingerprint density at radius 1 is 0.781 bits per heavy atom. The standard InChI is InChI=1S/C27H27NO4/c1-31-25-14-12-24(13-15-25)26(29)16-17-27(30)32-19-18-28(20-22-8-4-2-5-9-22)21-23-10-6-3-7-11-23/h2-17H,18-21H2,1H3/b17-16+. The number of allylic oxidation sites excluding steroid dienone is 1. The minimum absolute atomic E-state index is 0.236. The average molecular weight is 430 g/mol. The molecule has 0 aliphatic heterocycles. The fraction of sp³-hybridized carbons (Fsp3) is 0.185. The molecular weight excluding hydrogens is 402 g/mol. The number of esters is 1. The summed E-state index contributed by atoms with van der Waals surface area (Å²) in [7, 11) is 1.56. The van der Waals surface area contributed by atoms with Gasteiger partial charge in [-0.05, 0) is 41.5 Å². The van der Waals surface area contributed by atoms with Crippen LogP contribution < -0.4 is 4.74 Å². The fourth-order valence-corrected chi connectivity index (χ4v) is 3.22. The van der Waals surface area contributed by atoms with Crippen LogP contribution in [-0.2, 0) is 22.6 Å².